The highest BCUT2D eigenvalue weighted by atomic mass is 32.2. The van der Waals surface area contributed by atoms with Gasteiger partial charge in [-0.15, -0.1) is 0 Å². The minimum absolute atomic E-state index is 0.107. The normalized spacial score (nSPS) is 12.4. The molecular formula is C11H15F3N2O4S. The molecule has 1 rings (SSSR count). The van der Waals surface area contributed by atoms with Gasteiger partial charge in [-0.25, -0.2) is 13.1 Å². The van der Waals surface area contributed by atoms with E-state index in [-0.39, 0.29) is 22.9 Å². The van der Waals surface area contributed by atoms with Crippen LogP contribution in [0.1, 0.15) is 0 Å². The maximum absolute atomic E-state index is 11.9. The summed E-state index contributed by atoms with van der Waals surface area (Å²) in [7, 11) is -2.54. The van der Waals surface area contributed by atoms with E-state index in [1.54, 1.807) is 0 Å². The van der Waals surface area contributed by atoms with Gasteiger partial charge < -0.3 is 15.2 Å². The maximum atomic E-state index is 11.9. The van der Waals surface area contributed by atoms with E-state index >= 15 is 0 Å². The number of alkyl halides is 3. The second kappa shape index (κ2) is 6.96. The van der Waals surface area contributed by atoms with Crippen molar-refractivity contribution in [1.82, 2.24) is 4.72 Å². The van der Waals surface area contributed by atoms with E-state index in [1.165, 1.54) is 25.3 Å². The van der Waals surface area contributed by atoms with Crippen LogP contribution in [0.3, 0.4) is 0 Å². The van der Waals surface area contributed by atoms with Gasteiger partial charge in [-0.1, -0.05) is 0 Å². The van der Waals surface area contributed by atoms with Crippen LogP contribution in [0.4, 0.5) is 18.9 Å². The van der Waals surface area contributed by atoms with Crippen molar-refractivity contribution in [3.63, 3.8) is 0 Å². The Kier molecular flexibility index (Phi) is 5.81. The van der Waals surface area contributed by atoms with Crippen molar-refractivity contribution in [3.05, 3.63) is 18.2 Å². The average molecular weight is 328 g/mol. The molecule has 0 radical (unpaired) electrons. The van der Waals surface area contributed by atoms with Gasteiger partial charge in [0, 0.05) is 12.6 Å². The fourth-order valence-electron chi connectivity index (χ4n) is 1.38. The van der Waals surface area contributed by atoms with Crippen LogP contribution in [-0.4, -0.2) is 41.5 Å². The molecule has 0 heterocycles. The fourth-order valence-corrected chi connectivity index (χ4v) is 2.41. The predicted molar refractivity (Wildman–Crippen MR) is 69.5 cm³/mol. The lowest BCUT2D eigenvalue weighted by Gasteiger charge is -2.10. The second-order valence-corrected chi connectivity index (χ2v) is 5.74. The molecule has 0 unspecified atom stereocenters. The van der Waals surface area contributed by atoms with Crippen molar-refractivity contribution in [2.75, 3.05) is 32.6 Å². The van der Waals surface area contributed by atoms with Crippen LogP contribution in [0.25, 0.3) is 0 Å². The first-order valence-corrected chi connectivity index (χ1v) is 7.22. The van der Waals surface area contributed by atoms with Crippen molar-refractivity contribution in [3.8, 4) is 5.75 Å². The first kappa shape index (κ1) is 17.5. The SMILES string of the molecule is COc1cc(S(=O)(=O)NCCOCC(F)(F)F)ccc1N. The number of hydrogen-bond acceptors (Lipinski definition) is 5. The van der Waals surface area contributed by atoms with Crippen molar-refractivity contribution in [2.45, 2.75) is 11.1 Å². The van der Waals surface area contributed by atoms with Crippen molar-refractivity contribution in [1.29, 1.82) is 0 Å². The summed E-state index contributed by atoms with van der Waals surface area (Å²) in [5.74, 6) is 0.186. The molecule has 1 aromatic rings. The van der Waals surface area contributed by atoms with Crippen molar-refractivity contribution >= 4 is 15.7 Å². The van der Waals surface area contributed by atoms with Crippen LogP contribution < -0.4 is 15.2 Å². The first-order valence-electron chi connectivity index (χ1n) is 5.73. The van der Waals surface area contributed by atoms with E-state index in [9.17, 15) is 21.6 Å². The topological polar surface area (TPSA) is 90.7 Å². The summed E-state index contributed by atoms with van der Waals surface area (Å²) in [6.07, 6.45) is -4.44. The molecule has 0 aromatic heterocycles. The van der Waals surface area contributed by atoms with Gasteiger partial charge in [0.1, 0.15) is 12.4 Å². The number of rotatable bonds is 7. The lowest BCUT2D eigenvalue weighted by molar-refractivity contribution is -0.173. The lowest BCUT2D eigenvalue weighted by Crippen LogP contribution is -2.29. The highest BCUT2D eigenvalue weighted by Gasteiger charge is 2.27. The number of benzene rings is 1. The van der Waals surface area contributed by atoms with E-state index in [4.69, 9.17) is 10.5 Å². The smallest absolute Gasteiger partial charge is 0.411 e. The molecular weight excluding hydrogens is 313 g/mol. The van der Waals surface area contributed by atoms with Gasteiger partial charge in [0.05, 0.1) is 24.3 Å². The number of anilines is 1. The van der Waals surface area contributed by atoms with Gasteiger partial charge in [0.25, 0.3) is 0 Å². The highest BCUT2D eigenvalue weighted by Crippen LogP contribution is 2.24. The van der Waals surface area contributed by atoms with Crippen molar-refractivity contribution < 1.29 is 31.1 Å². The summed E-state index contributed by atoms with van der Waals surface area (Å²) in [4.78, 5) is -0.107. The zero-order chi connectivity index (χ0) is 16.1. The molecule has 0 saturated heterocycles. The summed E-state index contributed by atoms with van der Waals surface area (Å²) in [6.45, 7) is -2.11. The molecule has 120 valence electrons. The Balaban J connectivity index is 2.58. The van der Waals surface area contributed by atoms with E-state index in [0.29, 0.717) is 0 Å². The van der Waals surface area contributed by atoms with Crippen LogP contribution in [0.5, 0.6) is 5.75 Å². The molecule has 0 aliphatic rings. The Bertz CT molecular complexity index is 575. The van der Waals surface area contributed by atoms with Gasteiger partial charge in [-0.2, -0.15) is 13.2 Å². The molecule has 1 aromatic carbocycles. The van der Waals surface area contributed by atoms with E-state index < -0.39 is 29.4 Å². The lowest BCUT2D eigenvalue weighted by atomic mass is 10.3. The number of methoxy groups -OCH3 is 1. The van der Waals surface area contributed by atoms with Gasteiger partial charge in [-0.3, -0.25) is 0 Å². The summed E-state index contributed by atoms with van der Waals surface area (Å²) in [6, 6.07) is 3.83. The summed E-state index contributed by atoms with van der Waals surface area (Å²) < 4.78 is 70.5. The minimum atomic E-state index is -4.44. The number of nitrogens with two attached hydrogens (primary N) is 1. The Labute approximate surface area is 120 Å². The number of nitrogen functional groups attached to an aromatic ring is 1. The third kappa shape index (κ3) is 5.78. The molecule has 0 aliphatic carbocycles. The van der Waals surface area contributed by atoms with Gasteiger partial charge in [-0.05, 0) is 12.1 Å². The maximum Gasteiger partial charge on any atom is 0.411 e. The number of nitrogens with one attached hydrogen (secondary N) is 1. The summed E-state index contributed by atoms with van der Waals surface area (Å²) in [5.41, 5.74) is 5.83. The number of hydrogen-bond donors (Lipinski definition) is 2. The predicted octanol–water partition coefficient (Wildman–Crippen LogP) is 1.13. The molecule has 0 fully saturated rings. The zero-order valence-corrected chi connectivity index (χ0v) is 11.9. The number of halogens is 3. The van der Waals surface area contributed by atoms with Crippen LogP contribution in [0.2, 0.25) is 0 Å². The fraction of sp³-hybridized carbons (Fsp3) is 0.455. The van der Waals surface area contributed by atoms with E-state index in [2.05, 4.69) is 9.46 Å². The van der Waals surface area contributed by atoms with Crippen LogP contribution in [0.15, 0.2) is 23.1 Å². The Morgan fingerprint density at radius 3 is 2.57 bits per heavy atom. The molecule has 0 spiro atoms. The molecule has 21 heavy (non-hydrogen) atoms. The molecule has 0 amide bonds. The van der Waals surface area contributed by atoms with Crippen LogP contribution >= 0.6 is 0 Å². The third-order valence-electron chi connectivity index (χ3n) is 2.32. The van der Waals surface area contributed by atoms with Gasteiger partial charge in [0.15, 0.2) is 0 Å². The summed E-state index contributed by atoms with van der Waals surface area (Å²) in [5, 5.41) is 0. The molecule has 6 nitrogen and oxygen atoms in total. The standard InChI is InChI=1S/C11H15F3N2O4S/c1-19-10-6-8(2-3-9(10)15)21(17,18)16-4-5-20-7-11(12,13)14/h2-3,6,16H,4-5,7,15H2,1H3. The molecule has 0 bridgehead atoms. The second-order valence-electron chi connectivity index (χ2n) is 3.97. The van der Waals surface area contributed by atoms with Crippen LogP contribution in [-0.2, 0) is 14.8 Å². The monoisotopic (exact) mass is 328 g/mol. The Morgan fingerprint density at radius 1 is 1.33 bits per heavy atom. The van der Waals surface area contributed by atoms with Gasteiger partial charge >= 0.3 is 6.18 Å². The largest absolute Gasteiger partial charge is 0.495 e. The van der Waals surface area contributed by atoms with Crippen LogP contribution in [0, 0.1) is 0 Å². The molecule has 0 aliphatic heterocycles. The highest BCUT2D eigenvalue weighted by molar-refractivity contribution is 7.89. The zero-order valence-electron chi connectivity index (χ0n) is 11.1. The minimum Gasteiger partial charge on any atom is -0.495 e. The van der Waals surface area contributed by atoms with E-state index in [0.717, 1.165) is 0 Å². The molecule has 10 heteroatoms. The van der Waals surface area contributed by atoms with Crippen molar-refractivity contribution in [2.24, 2.45) is 0 Å². The Hall–Kier alpha value is -1.52. The quantitative estimate of drug-likeness (QED) is 0.578. The molecule has 3 N–H and O–H groups in total. The first-order chi connectivity index (χ1) is 9.65. The molecule has 0 saturated carbocycles. The number of sulfonamides is 1. The van der Waals surface area contributed by atoms with Gasteiger partial charge in [0.2, 0.25) is 10.0 Å². The Morgan fingerprint density at radius 2 is 2.00 bits per heavy atom. The number of ether oxygens (including phenoxy) is 2. The summed E-state index contributed by atoms with van der Waals surface area (Å²) >= 11 is 0. The van der Waals surface area contributed by atoms with E-state index in [1.807, 2.05) is 0 Å². The average Bonchev–Trinajstić information content (AvgIpc) is 2.37. The molecule has 0 atom stereocenters. The third-order valence-corrected chi connectivity index (χ3v) is 3.78.